The van der Waals surface area contributed by atoms with Gasteiger partial charge in [0.2, 0.25) is 5.95 Å². The van der Waals surface area contributed by atoms with Crippen LogP contribution in [0.5, 0.6) is 0 Å². The minimum absolute atomic E-state index is 0. The number of rotatable bonds is 0. The molecule has 0 aliphatic heterocycles. The summed E-state index contributed by atoms with van der Waals surface area (Å²) in [5.41, 5.74) is 17.7. The summed E-state index contributed by atoms with van der Waals surface area (Å²) in [5.74, 6) is 0.362. The highest BCUT2D eigenvalue weighted by atomic mass is 35.5. The molecule has 1 aromatic carbocycles. The zero-order chi connectivity index (χ0) is 10.3. The van der Waals surface area contributed by atoms with Crippen LogP contribution in [0, 0.1) is 0 Å². The Morgan fingerprint density at radius 1 is 1.07 bits per heavy atom. The first-order valence-electron chi connectivity index (χ1n) is 3.86. The molecule has 1 aromatic heterocycles. The van der Waals surface area contributed by atoms with Crippen molar-refractivity contribution >= 4 is 40.0 Å². The summed E-state index contributed by atoms with van der Waals surface area (Å²) in [6.45, 7) is 0. The van der Waals surface area contributed by atoms with Gasteiger partial charge in [-0.3, -0.25) is 0 Å². The highest BCUT2D eigenvalue weighted by Crippen LogP contribution is 2.31. The second kappa shape index (κ2) is 3.76. The van der Waals surface area contributed by atoms with Gasteiger partial charge in [0.25, 0.3) is 0 Å². The molecule has 0 saturated heterocycles. The number of nitrogens with two attached hydrogens (primary N) is 3. The third kappa shape index (κ3) is 1.72. The van der Waals surface area contributed by atoms with Crippen molar-refractivity contribution in [2.45, 2.75) is 0 Å². The van der Waals surface area contributed by atoms with Gasteiger partial charge in [0.05, 0.1) is 21.6 Å². The third-order valence-corrected chi connectivity index (χ3v) is 2.28. The number of hydrogen-bond acceptors (Lipinski definition) is 5. The number of halogens is 1. The molecule has 6 nitrogen and oxygen atoms in total. The first-order chi connectivity index (χ1) is 6.59. The minimum Gasteiger partial charge on any atom is -0.412 e. The molecule has 0 radical (unpaired) electrons. The average Bonchev–Trinajstić information content (AvgIpc) is 2.10. The molecule has 1 heterocycles. The van der Waals surface area contributed by atoms with Crippen LogP contribution in [0.1, 0.15) is 0 Å². The van der Waals surface area contributed by atoms with Crippen LogP contribution in [-0.4, -0.2) is 15.4 Å². The molecule has 0 unspecified atom stereocenters. The lowest BCUT2D eigenvalue weighted by Crippen LogP contribution is -2.01. The number of benzene rings is 1. The number of anilines is 3. The van der Waals surface area contributed by atoms with Crippen molar-refractivity contribution in [2.24, 2.45) is 0 Å². The van der Waals surface area contributed by atoms with Gasteiger partial charge in [-0.1, -0.05) is 11.6 Å². The van der Waals surface area contributed by atoms with Crippen molar-refractivity contribution in [3.8, 4) is 0 Å². The summed E-state index contributed by atoms with van der Waals surface area (Å²) in [6, 6.07) is 3.35. The maximum atomic E-state index is 5.96. The Hall–Kier alpha value is -1.79. The fourth-order valence-corrected chi connectivity index (χ4v) is 1.50. The van der Waals surface area contributed by atoms with Crippen LogP contribution in [0.25, 0.3) is 10.9 Å². The van der Waals surface area contributed by atoms with Gasteiger partial charge in [0, 0.05) is 0 Å². The largest absolute Gasteiger partial charge is 0.412 e. The van der Waals surface area contributed by atoms with Crippen molar-refractivity contribution in [3.63, 3.8) is 0 Å². The quantitative estimate of drug-likeness (QED) is 0.553. The topological polar surface area (TPSA) is 135 Å². The summed E-state index contributed by atoms with van der Waals surface area (Å²) in [7, 11) is 0. The van der Waals surface area contributed by atoms with Gasteiger partial charge >= 0.3 is 0 Å². The monoisotopic (exact) mass is 227 g/mol. The summed E-state index contributed by atoms with van der Waals surface area (Å²) >= 11 is 5.96. The molecular formula is C8H10ClN5O. The smallest absolute Gasteiger partial charge is 0.222 e. The Bertz CT molecular complexity index is 516. The molecule has 15 heavy (non-hydrogen) atoms. The van der Waals surface area contributed by atoms with Gasteiger partial charge in [-0.15, -0.1) is 0 Å². The van der Waals surface area contributed by atoms with Crippen LogP contribution < -0.4 is 17.2 Å². The van der Waals surface area contributed by atoms with Crippen LogP contribution >= 0.6 is 11.6 Å². The number of nitrogen functional groups attached to an aromatic ring is 3. The molecule has 2 rings (SSSR count). The Morgan fingerprint density at radius 2 is 1.73 bits per heavy atom. The lowest BCUT2D eigenvalue weighted by atomic mass is 10.2. The Kier molecular flexibility index (Phi) is 2.83. The summed E-state index contributed by atoms with van der Waals surface area (Å²) in [5, 5.41) is 0.904. The molecule has 0 bridgehead atoms. The molecule has 0 amide bonds. The van der Waals surface area contributed by atoms with Gasteiger partial charge < -0.3 is 22.7 Å². The average molecular weight is 228 g/mol. The van der Waals surface area contributed by atoms with Gasteiger partial charge in [0.15, 0.2) is 0 Å². The Morgan fingerprint density at radius 3 is 2.40 bits per heavy atom. The van der Waals surface area contributed by atoms with Gasteiger partial charge in [-0.05, 0) is 12.1 Å². The normalized spacial score (nSPS) is 9.93. The fourth-order valence-electron chi connectivity index (χ4n) is 1.25. The van der Waals surface area contributed by atoms with E-state index in [9.17, 15) is 0 Å². The van der Waals surface area contributed by atoms with E-state index in [1.54, 1.807) is 12.1 Å². The SMILES string of the molecule is Nc1nc(N)c2c(Cl)c(N)ccc2n1.O. The van der Waals surface area contributed by atoms with Crippen molar-refractivity contribution in [2.75, 3.05) is 17.2 Å². The van der Waals surface area contributed by atoms with Crippen molar-refractivity contribution in [3.05, 3.63) is 17.2 Å². The summed E-state index contributed by atoms with van der Waals surface area (Å²) in [6.07, 6.45) is 0. The standard InChI is InChI=1S/C8H8ClN5.H2O/c9-6-3(10)1-2-4-5(6)7(11)14-8(12)13-4;/h1-2H,10H2,(H4,11,12,13,14);1H2. The Balaban J connectivity index is 0.00000112. The van der Waals surface area contributed by atoms with Crippen LogP contribution in [0.3, 0.4) is 0 Å². The first kappa shape index (κ1) is 11.3. The number of aromatic nitrogens is 2. The summed E-state index contributed by atoms with van der Waals surface area (Å²) < 4.78 is 0. The lowest BCUT2D eigenvalue weighted by molar-refractivity contribution is 0.824. The lowest BCUT2D eigenvalue weighted by Gasteiger charge is -2.05. The van der Waals surface area contributed by atoms with Gasteiger partial charge in [0.1, 0.15) is 5.82 Å². The van der Waals surface area contributed by atoms with E-state index in [0.29, 0.717) is 21.6 Å². The zero-order valence-electron chi connectivity index (χ0n) is 7.66. The predicted molar refractivity (Wildman–Crippen MR) is 61.4 cm³/mol. The molecular weight excluding hydrogens is 218 g/mol. The van der Waals surface area contributed by atoms with Gasteiger partial charge in [-0.25, -0.2) is 4.98 Å². The number of hydrogen-bond donors (Lipinski definition) is 3. The molecule has 0 aliphatic carbocycles. The molecule has 0 saturated carbocycles. The van der Waals surface area contributed by atoms with E-state index < -0.39 is 0 Å². The highest BCUT2D eigenvalue weighted by Gasteiger charge is 2.09. The predicted octanol–water partition coefficient (Wildman–Crippen LogP) is 0.205. The second-order valence-electron chi connectivity index (χ2n) is 2.83. The maximum absolute atomic E-state index is 5.96. The Labute approximate surface area is 90.4 Å². The molecule has 8 N–H and O–H groups in total. The van der Waals surface area contributed by atoms with E-state index in [2.05, 4.69) is 9.97 Å². The molecule has 7 heteroatoms. The van der Waals surface area contributed by atoms with Crippen molar-refractivity contribution in [1.82, 2.24) is 9.97 Å². The van der Waals surface area contributed by atoms with E-state index in [-0.39, 0.29) is 17.2 Å². The number of fused-ring (bicyclic) bond motifs is 1. The van der Waals surface area contributed by atoms with Crippen LogP contribution in [0.4, 0.5) is 17.5 Å². The van der Waals surface area contributed by atoms with E-state index in [0.717, 1.165) is 0 Å². The molecule has 0 fully saturated rings. The van der Waals surface area contributed by atoms with Crippen LogP contribution in [0.2, 0.25) is 5.02 Å². The van der Waals surface area contributed by atoms with Crippen molar-refractivity contribution in [1.29, 1.82) is 0 Å². The first-order valence-corrected chi connectivity index (χ1v) is 4.24. The zero-order valence-corrected chi connectivity index (χ0v) is 8.42. The van der Waals surface area contributed by atoms with E-state index in [1.165, 1.54) is 0 Å². The van der Waals surface area contributed by atoms with E-state index in [1.807, 2.05) is 0 Å². The highest BCUT2D eigenvalue weighted by molar-refractivity contribution is 6.38. The molecule has 0 aliphatic rings. The molecule has 0 atom stereocenters. The number of nitrogens with zero attached hydrogens (tertiary/aromatic N) is 2. The minimum atomic E-state index is 0. The fraction of sp³-hybridized carbons (Fsp3) is 0. The second-order valence-corrected chi connectivity index (χ2v) is 3.21. The summed E-state index contributed by atoms with van der Waals surface area (Å²) in [4.78, 5) is 7.79. The molecule has 2 aromatic rings. The molecule has 0 spiro atoms. The third-order valence-electron chi connectivity index (χ3n) is 1.88. The van der Waals surface area contributed by atoms with Crippen molar-refractivity contribution < 1.29 is 5.48 Å². The van der Waals surface area contributed by atoms with E-state index in [4.69, 9.17) is 28.8 Å². The van der Waals surface area contributed by atoms with Crippen LogP contribution in [0.15, 0.2) is 12.1 Å². The maximum Gasteiger partial charge on any atom is 0.222 e. The molecule has 80 valence electrons. The van der Waals surface area contributed by atoms with E-state index >= 15 is 0 Å². The van der Waals surface area contributed by atoms with Crippen LogP contribution in [-0.2, 0) is 0 Å². The van der Waals surface area contributed by atoms with Gasteiger partial charge in [-0.2, -0.15) is 4.98 Å².